The molecule has 0 saturated carbocycles. The zero-order valence-corrected chi connectivity index (χ0v) is 10.8. The highest BCUT2D eigenvalue weighted by molar-refractivity contribution is 5.47. The van der Waals surface area contributed by atoms with Gasteiger partial charge >= 0.3 is 0 Å². The lowest BCUT2D eigenvalue weighted by atomic mass is 10.1. The molecule has 0 aliphatic carbocycles. The van der Waals surface area contributed by atoms with Crippen LogP contribution in [0.5, 0.6) is 0 Å². The number of hydrazine groups is 1. The predicted molar refractivity (Wildman–Crippen MR) is 69.8 cm³/mol. The van der Waals surface area contributed by atoms with Crippen molar-refractivity contribution in [3.63, 3.8) is 0 Å². The van der Waals surface area contributed by atoms with Crippen LogP contribution in [0.1, 0.15) is 38.8 Å². The van der Waals surface area contributed by atoms with E-state index in [0.29, 0.717) is 18.0 Å². The summed E-state index contributed by atoms with van der Waals surface area (Å²) in [5.74, 6) is 6.88. The van der Waals surface area contributed by atoms with Crippen LogP contribution in [0.25, 0.3) is 0 Å². The lowest BCUT2D eigenvalue weighted by Gasteiger charge is -2.29. The van der Waals surface area contributed by atoms with Gasteiger partial charge in [0.2, 0.25) is 5.95 Å². The van der Waals surface area contributed by atoms with Crippen molar-refractivity contribution in [3.05, 3.63) is 11.8 Å². The van der Waals surface area contributed by atoms with E-state index in [-0.39, 0.29) is 0 Å². The van der Waals surface area contributed by atoms with Gasteiger partial charge in [0.15, 0.2) is 0 Å². The van der Waals surface area contributed by atoms with Crippen molar-refractivity contribution in [1.29, 1.82) is 0 Å². The van der Waals surface area contributed by atoms with E-state index in [0.717, 1.165) is 17.9 Å². The van der Waals surface area contributed by atoms with E-state index in [1.807, 2.05) is 13.0 Å². The maximum atomic E-state index is 5.39. The number of hydrogen-bond acceptors (Lipinski definition) is 5. The number of rotatable bonds is 3. The third-order valence-corrected chi connectivity index (χ3v) is 3.49. The molecular formula is C12H21N5. The second-order valence-electron chi connectivity index (χ2n) is 4.73. The molecule has 1 aromatic heterocycles. The maximum absolute atomic E-state index is 5.39. The van der Waals surface area contributed by atoms with Crippen LogP contribution in [0.4, 0.5) is 11.8 Å². The minimum atomic E-state index is 0.494. The lowest BCUT2D eigenvalue weighted by Crippen LogP contribution is -2.35. The number of anilines is 2. The van der Waals surface area contributed by atoms with E-state index in [1.165, 1.54) is 12.8 Å². The first kappa shape index (κ1) is 12.1. The molecule has 17 heavy (non-hydrogen) atoms. The van der Waals surface area contributed by atoms with Crippen LogP contribution in [0, 0.1) is 6.92 Å². The van der Waals surface area contributed by atoms with Gasteiger partial charge < -0.3 is 4.90 Å². The molecule has 0 bridgehead atoms. The van der Waals surface area contributed by atoms with Crippen molar-refractivity contribution in [1.82, 2.24) is 9.97 Å². The van der Waals surface area contributed by atoms with Gasteiger partial charge in [-0.05, 0) is 33.1 Å². The third-order valence-electron chi connectivity index (χ3n) is 3.49. The Balaban J connectivity index is 2.34. The Morgan fingerprint density at radius 2 is 2.24 bits per heavy atom. The van der Waals surface area contributed by atoms with E-state index in [9.17, 15) is 0 Å². The molecule has 3 N–H and O–H groups in total. The van der Waals surface area contributed by atoms with Crippen molar-refractivity contribution in [3.8, 4) is 0 Å². The van der Waals surface area contributed by atoms with E-state index in [1.54, 1.807) is 0 Å². The lowest BCUT2D eigenvalue weighted by molar-refractivity contribution is 0.620. The van der Waals surface area contributed by atoms with Crippen molar-refractivity contribution in [2.75, 3.05) is 10.3 Å². The zero-order chi connectivity index (χ0) is 12.4. The number of nitrogens with two attached hydrogens (primary N) is 1. The van der Waals surface area contributed by atoms with Gasteiger partial charge in [-0.1, -0.05) is 6.92 Å². The number of nitrogens with zero attached hydrogens (tertiary/aromatic N) is 3. The third kappa shape index (κ3) is 2.34. The van der Waals surface area contributed by atoms with Gasteiger partial charge in [-0.2, -0.15) is 4.98 Å². The number of aromatic nitrogens is 2. The predicted octanol–water partition coefficient (Wildman–Crippen LogP) is 1.84. The monoisotopic (exact) mass is 235 g/mol. The molecule has 2 heterocycles. The number of hydrogen-bond donors (Lipinski definition) is 2. The first-order valence-corrected chi connectivity index (χ1v) is 6.26. The second kappa shape index (κ2) is 4.87. The van der Waals surface area contributed by atoms with Crippen LogP contribution in [-0.2, 0) is 0 Å². The highest BCUT2D eigenvalue weighted by Gasteiger charge is 2.30. The van der Waals surface area contributed by atoms with E-state index < -0.39 is 0 Å². The molecule has 2 atom stereocenters. The summed E-state index contributed by atoms with van der Waals surface area (Å²) in [5, 5.41) is 0. The fraction of sp³-hybridized carbons (Fsp3) is 0.667. The van der Waals surface area contributed by atoms with Crippen LogP contribution >= 0.6 is 0 Å². The first-order chi connectivity index (χ1) is 8.15. The molecule has 5 nitrogen and oxygen atoms in total. The number of aryl methyl sites for hydroxylation is 1. The van der Waals surface area contributed by atoms with E-state index >= 15 is 0 Å². The molecule has 5 heteroatoms. The summed E-state index contributed by atoms with van der Waals surface area (Å²) in [4.78, 5) is 11.1. The van der Waals surface area contributed by atoms with Crippen molar-refractivity contribution in [2.24, 2.45) is 5.84 Å². The van der Waals surface area contributed by atoms with Crippen molar-refractivity contribution < 1.29 is 0 Å². The quantitative estimate of drug-likeness (QED) is 0.618. The van der Waals surface area contributed by atoms with Crippen molar-refractivity contribution in [2.45, 2.75) is 52.1 Å². The Hall–Kier alpha value is -1.36. The molecule has 0 aromatic carbocycles. The van der Waals surface area contributed by atoms with Crippen LogP contribution in [-0.4, -0.2) is 22.1 Å². The van der Waals surface area contributed by atoms with Gasteiger partial charge in [-0.3, -0.25) is 5.43 Å². The highest BCUT2D eigenvalue weighted by atomic mass is 15.3. The average molecular weight is 235 g/mol. The second-order valence-corrected chi connectivity index (χ2v) is 4.73. The molecule has 1 aliphatic rings. The standard InChI is InChI=1S/C12H21N5/c1-4-10-6-5-9(3)17(10)11-7-8(2)14-12(15-11)16-13/h7,9-10H,4-6,13H2,1-3H3,(H,14,15,16). The summed E-state index contributed by atoms with van der Waals surface area (Å²) in [6.07, 6.45) is 3.62. The number of nitrogen functional groups attached to an aromatic ring is 1. The minimum Gasteiger partial charge on any atom is -0.351 e. The smallest absolute Gasteiger partial charge is 0.239 e. The molecule has 1 saturated heterocycles. The molecule has 0 radical (unpaired) electrons. The molecular weight excluding hydrogens is 214 g/mol. The van der Waals surface area contributed by atoms with Crippen LogP contribution in [0.15, 0.2) is 6.07 Å². The Labute approximate surface area is 102 Å². The van der Waals surface area contributed by atoms with Crippen LogP contribution in [0.2, 0.25) is 0 Å². The summed E-state index contributed by atoms with van der Waals surface area (Å²) >= 11 is 0. The van der Waals surface area contributed by atoms with Crippen molar-refractivity contribution >= 4 is 11.8 Å². The van der Waals surface area contributed by atoms with Gasteiger partial charge in [-0.25, -0.2) is 10.8 Å². The van der Waals surface area contributed by atoms with E-state index in [4.69, 9.17) is 5.84 Å². The van der Waals surface area contributed by atoms with Gasteiger partial charge in [0.05, 0.1) is 0 Å². The topological polar surface area (TPSA) is 67.1 Å². The SMILES string of the molecule is CCC1CCC(C)N1c1cc(C)nc(NN)n1. The summed E-state index contributed by atoms with van der Waals surface area (Å²) in [5.41, 5.74) is 3.47. The Morgan fingerprint density at radius 3 is 2.88 bits per heavy atom. The molecule has 1 aromatic rings. The minimum absolute atomic E-state index is 0.494. The Bertz CT molecular complexity index is 392. The Kier molecular flexibility index (Phi) is 3.47. The molecule has 1 aliphatic heterocycles. The summed E-state index contributed by atoms with van der Waals surface area (Å²) < 4.78 is 0. The molecule has 0 spiro atoms. The van der Waals surface area contributed by atoms with E-state index in [2.05, 4.69) is 34.1 Å². The summed E-state index contributed by atoms with van der Waals surface area (Å²) in [6, 6.07) is 3.16. The molecule has 2 unspecified atom stereocenters. The zero-order valence-electron chi connectivity index (χ0n) is 10.8. The van der Waals surface area contributed by atoms with Gasteiger partial charge in [0.25, 0.3) is 0 Å². The largest absolute Gasteiger partial charge is 0.351 e. The fourth-order valence-corrected chi connectivity index (χ4v) is 2.63. The summed E-state index contributed by atoms with van der Waals surface area (Å²) in [6.45, 7) is 6.45. The fourth-order valence-electron chi connectivity index (χ4n) is 2.63. The number of nitrogens with one attached hydrogen (secondary N) is 1. The highest BCUT2D eigenvalue weighted by Crippen LogP contribution is 2.31. The molecule has 94 valence electrons. The Morgan fingerprint density at radius 1 is 1.47 bits per heavy atom. The van der Waals surface area contributed by atoms with Crippen LogP contribution in [0.3, 0.4) is 0 Å². The van der Waals surface area contributed by atoms with Gasteiger partial charge in [0, 0.05) is 23.8 Å². The van der Waals surface area contributed by atoms with Crippen LogP contribution < -0.4 is 16.2 Å². The maximum Gasteiger partial charge on any atom is 0.239 e. The molecule has 1 fully saturated rings. The summed E-state index contributed by atoms with van der Waals surface area (Å²) in [7, 11) is 0. The normalized spacial score (nSPS) is 24.1. The first-order valence-electron chi connectivity index (χ1n) is 6.26. The van der Waals surface area contributed by atoms with Gasteiger partial charge in [-0.15, -0.1) is 0 Å². The van der Waals surface area contributed by atoms with Gasteiger partial charge in [0.1, 0.15) is 5.82 Å². The molecule has 0 amide bonds. The molecule has 2 rings (SSSR count). The average Bonchev–Trinajstić information content (AvgIpc) is 2.69.